The molecule has 1 aliphatic heterocycles. The molecule has 2 rings (SSSR count). The van der Waals surface area contributed by atoms with Gasteiger partial charge in [-0.25, -0.2) is 4.79 Å². The van der Waals surface area contributed by atoms with Crippen LogP contribution in [0.2, 0.25) is 0 Å². The highest BCUT2D eigenvalue weighted by Crippen LogP contribution is 2.40. The highest BCUT2D eigenvalue weighted by Gasteiger charge is 2.47. The normalized spacial score (nSPS) is 25.1. The van der Waals surface area contributed by atoms with Gasteiger partial charge in [0.2, 0.25) is 0 Å². The minimum Gasteiger partial charge on any atom is -0.481 e. The van der Waals surface area contributed by atoms with E-state index in [9.17, 15) is 9.59 Å². The topological polar surface area (TPSA) is 76.1 Å². The van der Waals surface area contributed by atoms with Crippen LogP contribution in [0.15, 0.2) is 0 Å². The van der Waals surface area contributed by atoms with Crippen molar-refractivity contribution in [1.82, 2.24) is 4.90 Å². The molecule has 1 heterocycles. The van der Waals surface area contributed by atoms with E-state index in [4.69, 9.17) is 14.6 Å². The third-order valence-corrected chi connectivity index (χ3v) is 3.64. The zero-order chi connectivity index (χ0) is 15.0. The number of ether oxygens (including phenoxy) is 2. The van der Waals surface area contributed by atoms with Crippen molar-refractivity contribution in [3.63, 3.8) is 0 Å². The monoisotopic (exact) mass is 285 g/mol. The summed E-state index contributed by atoms with van der Waals surface area (Å²) < 4.78 is 11.3. The molecule has 2 aliphatic rings. The van der Waals surface area contributed by atoms with Crippen LogP contribution in [-0.4, -0.2) is 52.5 Å². The zero-order valence-electron chi connectivity index (χ0n) is 12.3. The molecular formula is C14H23NO5. The van der Waals surface area contributed by atoms with E-state index in [0.29, 0.717) is 6.54 Å². The number of morpholine rings is 1. The minimum atomic E-state index is -0.907. The van der Waals surface area contributed by atoms with Gasteiger partial charge in [0, 0.05) is 0 Å². The number of hydrogen-bond acceptors (Lipinski definition) is 4. The number of rotatable bonds is 2. The molecule has 2 fully saturated rings. The van der Waals surface area contributed by atoms with E-state index in [1.165, 1.54) is 0 Å². The van der Waals surface area contributed by atoms with Crippen molar-refractivity contribution < 1.29 is 24.2 Å². The first kappa shape index (κ1) is 15.1. The Balaban J connectivity index is 2.04. The maximum absolute atomic E-state index is 12.2. The van der Waals surface area contributed by atoms with Crippen LogP contribution < -0.4 is 0 Å². The minimum absolute atomic E-state index is 0.0823. The highest BCUT2D eigenvalue weighted by atomic mass is 16.6. The lowest BCUT2D eigenvalue weighted by Crippen LogP contribution is -2.60. The summed E-state index contributed by atoms with van der Waals surface area (Å²) in [5.41, 5.74) is -0.903. The number of carbonyl (C=O) groups excluding carboxylic acids is 1. The molecule has 1 saturated heterocycles. The number of amides is 1. The molecule has 1 saturated carbocycles. The third kappa shape index (κ3) is 3.62. The zero-order valence-corrected chi connectivity index (χ0v) is 12.3. The molecule has 1 aliphatic carbocycles. The van der Waals surface area contributed by atoms with Crippen LogP contribution in [-0.2, 0) is 14.3 Å². The van der Waals surface area contributed by atoms with Crippen LogP contribution in [0.5, 0.6) is 0 Å². The summed E-state index contributed by atoms with van der Waals surface area (Å²) >= 11 is 0. The first-order valence-corrected chi connectivity index (χ1v) is 7.07. The van der Waals surface area contributed by atoms with Crippen molar-refractivity contribution in [2.45, 2.75) is 63.8 Å². The molecule has 1 amide bonds. The second kappa shape index (κ2) is 5.24. The quantitative estimate of drug-likeness (QED) is 0.840. The van der Waals surface area contributed by atoms with Crippen molar-refractivity contribution in [3.05, 3.63) is 0 Å². The Hall–Kier alpha value is -1.30. The predicted molar refractivity (Wildman–Crippen MR) is 71.5 cm³/mol. The van der Waals surface area contributed by atoms with Crippen molar-refractivity contribution in [3.8, 4) is 0 Å². The van der Waals surface area contributed by atoms with E-state index >= 15 is 0 Å². The molecule has 1 spiro atoms. The summed E-state index contributed by atoms with van der Waals surface area (Å²) in [6.45, 7) is 6.23. The van der Waals surface area contributed by atoms with Crippen LogP contribution >= 0.6 is 0 Å². The summed E-state index contributed by atoms with van der Waals surface area (Å²) in [5.74, 6) is -0.907. The molecule has 6 nitrogen and oxygen atoms in total. The molecular weight excluding hydrogens is 262 g/mol. The lowest BCUT2D eigenvalue weighted by molar-refractivity contribution is -0.191. The highest BCUT2D eigenvalue weighted by molar-refractivity contribution is 5.70. The SMILES string of the molecule is CC(C)(C)OC(=O)N1CC(CC(=O)O)OC2(CCC2)C1. The third-order valence-electron chi connectivity index (χ3n) is 3.64. The van der Waals surface area contributed by atoms with Crippen LogP contribution in [0.3, 0.4) is 0 Å². The Morgan fingerprint density at radius 1 is 1.40 bits per heavy atom. The average Bonchev–Trinajstić information content (AvgIpc) is 2.23. The molecule has 0 radical (unpaired) electrons. The molecule has 1 unspecified atom stereocenters. The Morgan fingerprint density at radius 2 is 2.05 bits per heavy atom. The van der Waals surface area contributed by atoms with Gasteiger partial charge in [-0.1, -0.05) is 0 Å². The van der Waals surface area contributed by atoms with Gasteiger partial charge in [0.25, 0.3) is 0 Å². The van der Waals surface area contributed by atoms with Crippen molar-refractivity contribution in [1.29, 1.82) is 0 Å². The molecule has 0 bridgehead atoms. The number of carboxylic acids is 1. The Bertz CT molecular complexity index is 397. The second-order valence-electron chi connectivity index (χ2n) is 6.74. The lowest BCUT2D eigenvalue weighted by Gasteiger charge is -2.50. The summed E-state index contributed by atoms with van der Waals surface area (Å²) in [5, 5.41) is 8.92. The lowest BCUT2D eigenvalue weighted by atomic mass is 9.78. The summed E-state index contributed by atoms with van der Waals surface area (Å²) in [4.78, 5) is 24.6. The smallest absolute Gasteiger partial charge is 0.410 e. The standard InChI is InChI=1S/C14H23NO5/c1-13(2,3)20-12(18)15-8-10(7-11(16)17)19-14(9-15)5-4-6-14/h10H,4-9H2,1-3H3,(H,16,17). The van der Waals surface area contributed by atoms with Gasteiger partial charge in [-0.15, -0.1) is 0 Å². The number of aliphatic carboxylic acids is 1. The van der Waals surface area contributed by atoms with Gasteiger partial charge in [0.05, 0.1) is 31.2 Å². The maximum atomic E-state index is 12.2. The van der Waals surface area contributed by atoms with Crippen LogP contribution in [0.25, 0.3) is 0 Å². The fourth-order valence-electron chi connectivity index (χ4n) is 2.70. The fraction of sp³-hybridized carbons (Fsp3) is 0.857. The largest absolute Gasteiger partial charge is 0.481 e. The van der Waals surface area contributed by atoms with E-state index in [-0.39, 0.29) is 24.7 Å². The van der Waals surface area contributed by atoms with Crippen LogP contribution in [0.4, 0.5) is 4.79 Å². The number of carboxylic acid groups (broad SMARTS) is 1. The van der Waals surface area contributed by atoms with Gasteiger partial charge in [0.1, 0.15) is 5.60 Å². The first-order valence-electron chi connectivity index (χ1n) is 7.07. The van der Waals surface area contributed by atoms with E-state index in [0.717, 1.165) is 19.3 Å². The molecule has 0 aromatic carbocycles. The van der Waals surface area contributed by atoms with Crippen molar-refractivity contribution >= 4 is 12.1 Å². The van der Waals surface area contributed by atoms with Gasteiger partial charge in [-0.2, -0.15) is 0 Å². The van der Waals surface area contributed by atoms with E-state index in [1.54, 1.807) is 4.90 Å². The van der Waals surface area contributed by atoms with Crippen molar-refractivity contribution in [2.24, 2.45) is 0 Å². The molecule has 20 heavy (non-hydrogen) atoms. The molecule has 114 valence electrons. The van der Waals surface area contributed by atoms with Gasteiger partial charge >= 0.3 is 12.1 Å². The fourth-order valence-corrected chi connectivity index (χ4v) is 2.70. The van der Waals surface area contributed by atoms with E-state index < -0.39 is 17.7 Å². The Kier molecular flexibility index (Phi) is 3.95. The van der Waals surface area contributed by atoms with Crippen LogP contribution in [0.1, 0.15) is 46.5 Å². The Morgan fingerprint density at radius 3 is 2.50 bits per heavy atom. The molecule has 1 atom stereocenters. The van der Waals surface area contributed by atoms with Gasteiger partial charge in [-0.05, 0) is 40.0 Å². The van der Waals surface area contributed by atoms with Gasteiger partial charge in [-0.3, -0.25) is 4.79 Å². The van der Waals surface area contributed by atoms with Crippen molar-refractivity contribution in [2.75, 3.05) is 13.1 Å². The number of carbonyl (C=O) groups is 2. The van der Waals surface area contributed by atoms with E-state index in [2.05, 4.69) is 0 Å². The molecule has 0 aromatic heterocycles. The molecule has 0 aromatic rings. The van der Waals surface area contributed by atoms with Crippen LogP contribution in [0, 0.1) is 0 Å². The summed E-state index contributed by atoms with van der Waals surface area (Å²) in [7, 11) is 0. The van der Waals surface area contributed by atoms with Gasteiger partial charge < -0.3 is 19.5 Å². The molecule has 6 heteroatoms. The number of hydrogen-bond donors (Lipinski definition) is 1. The summed E-state index contributed by atoms with van der Waals surface area (Å²) in [6, 6.07) is 0. The summed E-state index contributed by atoms with van der Waals surface area (Å²) in [6.07, 6.45) is 1.89. The predicted octanol–water partition coefficient (Wildman–Crippen LogP) is 2.02. The Labute approximate surface area is 119 Å². The number of nitrogens with zero attached hydrogens (tertiary/aromatic N) is 1. The maximum Gasteiger partial charge on any atom is 0.410 e. The van der Waals surface area contributed by atoms with E-state index in [1.807, 2.05) is 20.8 Å². The average molecular weight is 285 g/mol. The van der Waals surface area contributed by atoms with Gasteiger partial charge in [0.15, 0.2) is 0 Å². The first-order chi connectivity index (χ1) is 9.19. The molecule has 1 N–H and O–H groups in total. The second-order valence-corrected chi connectivity index (χ2v) is 6.74.